The molecule has 0 fully saturated rings. The number of nitrogens with two attached hydrogens (primary N) is 1. The van der Waals surface area contributed by atoms with Crippen molar-refractivity contribution >= 4 is 38.2 Å². The number of nitrogens with zero attached hydrogens (tertiary/aromatic N) is 2. The van der Waals surface area contributed by atoms with Gasteiger partial charge in [0.25, 0.3) is 0 Å². The van der Waals surface area contributed by atoms with Gasteiger partial charge in [0, 0.05) is 18.0 Å². The second-order valence-electron chi connectivity index (χ2n) is 5.40. The van der Waals surface area contributed by atoms with Gasteiger partial charge < -0.3 is 15.2 Å². The van der Waals surface area contributed by atoms with Gasteiger partial charge in [-0.25, -0.2) is 9.78 Å². The first-order valence-corrected chi connectivity index (χ1v) is 8.58. The zero-order chi connectivity index (χ0) is 17.4. The molecule has 2 aromatic carbocycles. The zero-order valence-electron chi connectivity index (χ0n) is 13.4. The molecule has 0 spiro atoms. The predicted octanol–water partition coefficient (Wildman–Crippen LogP) is 4.10. The van der Waals surface area contributed by atoms with Gasteiger partial charge in [-0.1, -0.05) is 11.3 Å². The number of hydrogen-bond donors (Lipinski definition) is 1. The average molecular weight is 353 g/mol. The third-order valence-electron chi connectivity index (χ3n) is 3.67. The minimum absolute atomic E-state index is 0.317. The molecule has 0 radical (unpaired) electrons. The molecule has 25 heavy (non-hydrogen) atoms. The predicted molar refractivity (Wildman–Crippen MR) is 97.5 cm³/mol. The molecule has 4 aromatic rings. The lowest BCUT2D eigenvalue weighted by molar-refractivity contribution is 0.0520. The van der Waals surface area contributed by atoms with E-state index in [-0.39, 0.29) is 0 Å². The highest BCUT2D eigenvalue weighted by atomic mass is 32.1. The lowest BCUT2D eigenvalue weighted by Gasteiger charge is -2.05. The number of anilines is 1. The maximum Gasteiger partial charge on any atom is 0.358 e. The highest BCUT2D eigenvalue weighted by molar-refractivity contribution is 7.23. The molecule has 2 aromatic heterocycles. The van der Waals surface area contributed by atoms with Gasteiger partial charge in [0.2, 0.25) is 0 Å². The molecule has 0 saturated heterocycles. The molecule has 0 amide bonds. The largest absolute Gasteiger partial charge is 0.461 e. The number of ether oxygens (including phenoxy) is 2. The Morgan fingerprint density at radius 1 is 1.20 bits per heavy atom. The summed E-state index contributed by atoms with van der Waals surface area (Å²) >= 11 is 1.49. The summed E-state index contributed by atoms with van der Waals surface area (Å²) in [5.41, 5.74) is 7.66. The molecule has 2 heterocycles. The van der Waals surface area contributed by atoms with Gasteiger partial charge >= 0.3 is 5.97 Å². The second-order valence-corrected chi connectivity index (χ2v) is 6.41. The number of thiazole rings is 1. The van der Waals surface area contributed by atoms with Crippen molar-refractivity contribution in [2.45, 2.75) is 6.92 Å². The van der Waals surface area contributed by atoms with Crippen molar-refractivity contribution in [3.8, 4) is 11.5 Å². The zero-order valence-corrected chi connectivity index (χ0v) is 14.2. The number of fused-ring (bicyclic) bond motifs is 3. The molecule has 126 valence electrons. The minimum atomic E-state index is -0.408. The average Bonchev–Trinajstić information content (AvgIpc) is 3.14. The van der Waals surface area contributed by atoms with Gasteiger partial charge in [-0.2, -0.15) is 0 Å². The molecular formula is C18H15N3O3S. The summed E-state index contributed by atoms with van der Waals surface area (Å²) in [6.45, 7) is 2.10. The molecule has 0 saturated carbocycles. The summed E-state index contributed by atoms with van der Waals surface area (Å²) in [5, 5.41) is 0. The van der Waals surface area contributed by atoms with E-state index in [1.165, 1.54) is 11.3 Å². The molecular weight excluding hydrogens is 338 g/mol. The maximum atomic E-state index is 11.8. The van der Waals surface area contributed by atoms with Crippen molar-refractivity contribution < 1.29 is 14.3 Å². The molecule has 0 unspecified atom stereocenters. The van der Waals surface area contributed by atoms with E-state index >= 15 is 0 Å². The van der Waals surface area contributed by atoms with Crippen LogP contribution in [0.15, 0.2) is 48.7 Å². The number of hydrogen-bond acceptors (Lipinski definition) is 6. The summed E-state index contributed by atoms with van der Waals surface area (Å²) in [6.07, 6.45) is 1.70. The lowest BCUT2D eigenvalue weighted by Crippen LogP contribution is -2.04. The standard InChI is InChI=1S/C18H15N3O3S/c1-2-23-17(22)14-10-21-15-8-7-13(9-16(15)25-18(21)20-14)24-12-5-3-11(19)4-6-12/h3-10H,2,19H2,1H3. The fourth-order valence-electron chi connectivity index (χ4n) is 2.52. The van der Waals surface area contributed by atoms with Crippen LogP contribution in [0.2, 0.25) is 0 Å². The molecule has 0 aliphatic heterocycles. The van der Waals surface area contributed by atoms with E-state index in [1.54, 1.807) is 25.3 Å². The number of aromatic nitrogens is 2. The van der Waals surface area contributed by atoms with Crippen LogP contribution in [0.25, 0.3) is 15.2 Å². The molecule has 4 rings (SSSR count). The smallest absolute Gasteiger partial charge is 0.358 e. The summed E-state index contributed by atoms with van der Waals surface area (Å²) in [5.74, 6) is 1.04. The number of nitrogen functional groups attached to an aromatic ring is 1. The quantitative estimate of drug-likeness (QED) is 0.441. The van der Waals surface area contributed by atoms with Crippen LogP contribution < -0.4 is 10.5 Å². The highest BCUT2D eigenvalue weighted by Gasteiger charge is 2.15. The third kappa shape index (κ3) is 2.89. The number of benzene rings is 2. The van der Waals surface area contributed by atoms with E-state index in [0.29, 0.717) is 18.0 Å². The maximum absolute atomic E-state index is 11.8. The number of carbonyl (C=O) groups excluding carboxylic acids is 1. The van der Waals surface area contributed by atoms with Gasteiger partial charge in [0.15, 0.2) is 10.7 Å². The number of esters is 1. The van der Waals surface area contributed by atoms with Crippen LogP contribution in [0.1, 0.15) is 17.4 Å². The van der Waals surface area contributed by atoms with Crippen LogP contribution in [0, 0.1) is 0 Å². The Morgan fingerprint density at radius 3 is 2.72 bits per heavy atom. The van der Waals surface area contributed by atoms with Gasteiger partial charge in [-0.15, -0.1) is 0 Å². The van der Waals surface area contributed by atoms with Crippen molar-refractivity contribution in [1.82, 2.24) is 9.38 Å². The fraction of sp³-hybridized carbons (Fsp3) is 0.111. The normalized spacial score (nSPS) is 11.1. The first-order valence-electron chi connectivity index (χ1n) is 7.76. The summed E-state index contributed by atoms with van der Waals surface area (Å²) in [4.78, 5) is 16.9. The van der Waals surface area contributed by atoms with Crippen molar-refractivity contribution in [2.24, 2.45) is 0 Å². The topological polar surface area (TPSA) is 78.8 Å². The van der Waals surface area contributed by atoms with E-state index in [9.17, 15) is 4.79 Å². The van der Waals surface area contributed by atoms with E-state index in [2.05, 4.69) is 4.98 Å². The van der Waals surface area contributed by atoms with Gasteiger partial charge in [-0.05, 0) is 43.3 Å². The van der Waals surface area contributed by atoms with Gasteiger partial charge in [0.1, 0.15) is 11.5 Å². The third-order valence-corrected chi connectivity index (χ3v) is 4.68. The van der Waals surface area contributed by atoms with Crippen LogP contribution in [0.5, 0.6) is 11.5 Å². The molecule has 0 atom stereocenters. The van der Waals surface area contributed by atoms with Crippen molar-refractivity contribution in [1.29, 1.82) is 0 Å². The summed E-state index contributed by atoms with van der Waals surface area (Å²) in [7, 11) is 0. The van der Waals surface area contributed by atoms with Crippen LogP contribution in [0.4, 0.5) is 5.69 Å². The van der Waals surface area contributed by atoms with Crippen LogP contribution in [-0.2, 0) is 4.74 Å². The summed E-state index contributed by atoms with van der Waals surface area (Å²) in [6, 6.07) is 13.0. The molecule has 0 aliphatic carbocycles. The van der Waals surface area contributed by atoms with E-state index in [0.717, 1.165) is 26.7 Å². The Hall–Kier alpha value is -3.06. The Morgan fingerprint density at radius 2 is 1.96 bits per heavy atom. The molecule has 7 heteroatoms. The highest BCUT2D eigenvalue weighted by Crippen LogP contribution is 2.31. The van der Waals surface area contributed by atoms with E-state index in [4.69, 9.17) is 15.2 Å². The second kappa shape index (κ2) is 6.10. The number of carbonyl (C=O) groups is 1. The Kier molecular flexibility index (Phi) is 3.77. The molecule has 6 nitrogen and oxygen atoms in total. The lowest BCUT2D eigenvalue weighted by atomic mass is 10.3. The fourth-order valence-corrected chi connectivity index (χ4v) is 3.56. The van der Waals surface area contributed by atoms with Crippen molar-refractivity contribution in [2.75, 3.05) is 12.3 Å². The first kappa shape index (κ1) is 15.5. The van der Waals surface area contributed by atoms with Gasteiger partial charge in [-0.3, -0.25) is 4.40 Å². The molecule has 2 N–H and O–H groups in total. The molecule has 0 bridgehead atoms. The van der Waals surface area contributed by atoms with Crippen molar-refractivity contribution in [3.63, 3.8) is 0 Å². The Bertz CT molecular complexity index is 1070. The SMILES string of the molecule is CCOC(=O)c1cn2c(n1)sc1cc(Oc3ccc(N)cc3)ccc12. The van der Waals surface area contributed by atoms with Crippen LogP contribution >= 0.6 is 11.3 Å². The van der Waals surface area contributed by atoms with E-state index in [1.807, 2.05) is 34.7 Å². The van der Waals surface area contributed by atoms with E-state index < -0.39 is 5.97 Å². The monoisotopic (exact) mass is 353 g/mol. The minimum Gasteiger partial charge on any atom is -0.461 e. The first-order chi connectivity index (χ1) is 12.1. The van der Waals surface area contributed by atoms with Crippen LogP contribution in [0.3, 0.4) is 0 Å². The Balaban J connectivity index is 1.67. The van der Waals surface area contributed by atoms with Crippen molar-refractivity contribution in [3.05, 3.63) is 54.4 Å². The molecule has 0 aliphatic rings. The Labute approximate surface area is 147 Å². The van der Waals surface area contributed by atoms with Crippen LogP contribution in [-0.4, -0.2) is 22.0 Å². The number of imidazole rings is 1. The summed E-state index contributed by atoms with van der Waals surface area (Å²) < 4.78 is 13.8. The van der Waals surface area contributed by atoms with Gasteiger partial charge in [0.05, 0.1) is 16.8 Å². The number of rotatable bonds is 4.